The third-order valence-electron chi connectivity index (χ3n) is 2.74. The highest BCUT2D eigenvalue weighted by Crippen LogP contribution is 2.25. The third kappa shape index (κ3) is 4.29. The van der Waals surface area contributed by atoms with Crippen LogP contribution in [0.1, 0.15) is 6.42 Å². The van der Waals surface area contributed by atoms with Gasteiger partial charge in [-0.15, -0.1) is 0 Å². The molecule has 1 aromatic carbocycles. The van der Waals surface area contributed by atoms with Crippen molar-refractivity contribution in [2.75, 3.05) is 13.2 Å². The van der Waals surface area contributed by atoms with Crippen LogP contribution in [0.15, 0.2) is 44.9 Å². The van der Waals surface area contributed by atoms with Gasteiger partial charge in [0.1, 0.15) is 6.54 Å². The van der Waals surface area contributed by atoms with E-state index in [1.807, 2.05) is 0 Å². The van der Waals surface area contributed by atoms with E-state index in [9.17, 15) is 18.0 Å². The maximum atomic E-state index is 12.4. The summed E-state index contributed by atoms with van der Waals surface area (Å²) in [5.74, 6) is -2.12. The van der Waals surface area contributed by atoms with Crippen molar-refractivity contribution in [2.45, 2.75) is 16.3 Å². The van der Waals surface area contributed by atoms with Gasteiger partial charge in [0.2, 0.25) is 15.7 Å². The summed E-state index contributed by atoms with van der Waals surface area (Å²) in [7, 11) is -3.97. The van der Waals surface area contributed by atoms with Gasteiger partial charge in [-0.25, -0.2) is 13.0 Å². The average molecular weight is 355 g/mol. The molecule has 11 heteroatoms. The Kier molecular flexibility index (Phi) is 5.47. The number of aliphatic carboxylic acids is 1. The number of amides is 1. The summed E-state index contributed by atoms with van der Waals surface area (Å²) in [6, 6.07) is 7.52. The summed E-state index contributed by atoms with van der Waals surface area (Å²) < 4.78 is 34.3. The maximum absolute atomic E-state index is 12.4. The zero-order chi connectivity index (χ0) is 17.6. The SMILES string of the molecule is O=C(O)CNC(=O)CCOc1nonc1S(=O)(=O)c1ccccc1. The van der Waals surface area contributed by atoms with Crippen molar-refractivity contribution in [3.8, 4) is 5.88 Å². The molecule has 1 heterocycles. The second kappa shape index (κ2) is 7.55. The molecule has 0 saturated heterocycles. The molecule has 0 radical (unpaired) electrons. The van der Waals surface area contributed by atoms with Crippen molar-refractivity contribution < 1.29 is 32.5 Å². The molecule has 10 nitrogen and oxygen atoms in total. The Hall–Kier alpha value is -2.95. The lowest BCUT2D eigenvalue weighted by molar-refractivity contribution is -0.138. The number of carboxylic acids is 1. The molecule has 128 valence electrons. The number of ether oxygens (including phenoxy) is 1. The molecule has 1 aromatic heterocycles. The lowest BCUT2D eigenvalue weighted by atomic mass is 10.4. The van der Waals surface area contributed by atoms with Crippen LogP contribution in [0.25, 0.3) is 0 Å². The van der Waals surface area contributed by atoms with Crippen molar-refractivity contribution in [3.63, 3.8) is 0 Å². The van der Waals surface area contributed by atoms with Crippen LogP contribution in [0.2, 0.25) is 0 Å². The van der Waals surface area contributed by atoms with Crippen molar-refractivity contribution >= 4 is 21.7 Å². The monoisotopic (exact) mass is 355 g/mol. The van der Waals surface area contributed by atoms with E-state index in [4.69, 9.17) is 9.84 Å². The minimum absolute atomic E-state index is 0.00949. The van der Waals surface area contributed by atoms with Gasteiger partial charge in [0, 0.05) is 0 Å². The maximum Gasteiger partial charge on any atom is 0.322 e. The standard InChI is InChI=1S/C13H13N3O7S/c17-10(14-8-11(18)19)6-7-22-12-13(16-23-15-12)24(20,21)9-4-2-1-3-5-9/h1-5H,6-8H2,(H,14,17)(H,18,19). The van der Waals surface area contributed by atoms with E-state index in [1.165, 1.54) is 12.1 Å². The lowest BCUT2D eigenvalue weighted by Gasteiger charge is -2.05. The summed E-state index contributed by atoms with van der Waals surface area (Å²) in [4.78, 5) is 21.6. The molecule has 0 spiro atoms. The number of benzene rings is 1. The molecule has 0 unspecified atom stereocenters. The molecule has 0 aliphatic rings. The molecule has 0 aliphatic carbocycles. The smallest absolute Gasteiger partial charge is 0.322 e. The molecule has 24 heavy (non-hydrogen) atoms. The van der Waals surface area contributed by atoms with E-state index in [0.717, 1.165) is 0 Å². The van der Waals surface area contributed by atoms with Gasteiger partial charge in [-0.2, -0.15) is 0 Å². The van der Waals surface area contributed by atoms with Crippen LogP contribution in [0.3, 0.4) is 0 Å². The van der Waals surface area contributed by atoms with Crippen LogP contribution in [-0.2, 0) is 19.4 Å². The van der Waals surface area contributed by atoms with Crippen molar-refractivity contribution in [2.24, 2.45) is 0 Å². The van der Waals surface area contributed by atoms with Crippen LogP contribution < -0.4 is 10.1 Å². The number of nitrogens with one attached hydrogen (secondary N) is 1. The zero-order valence-corrected chi connectivity index (χ0v) is 13.0. The number of aromatic nitrogens is 2. The van der Waals surface area contributed by atoms with E-state index in [2.05, 4.69) is 20.3 Å². The third-order valence-corrected chi connectivity index (χ3v) is 4.39. The molecule has 0 saturated carbocycles. The van der Waals surface area contributed by atoms with Gasteiger partial charge in [-0.3, -0.25) is 9.59 Å². The Morgan fingerprint density at radius 1 is 1.21 bits per heavy atom. The number of carbonyl (C=O) groups excluding carboxylic acids is 1. The minimum atomic E-state index is -3.97. The van der Waals surface area contributed by atoms with Crippen molar-refractivity contribution in [1.29, 1.82) is 0 Å². The lowest BCUT2D eigenvalue weighted by Crippen LogP contribution is -2.30. The highest BCUT2D eigenvalue weighted by molar-refractivity contribution is 7.91. The first-order valence-corrected chi connectivity index (χ1v) is 8.13. The number of carboxylic acid groups (broad SMARTS) is 1. The molecule has 0 bridgehead atoms. The Bertz CT molecular complexity index is 817. The molecule has 0 fully saturated rings. The fourth-order valence-corrected chi connectivity index (χ4v) is 2.84. The Balaban J connectivity index is 2.01. The molecule has 0 aliphatic heterocycles. The summed E-state index contributed by atoms with van der Waals surface area (Å²) in [5, 5.41) is 16.8. The fraction of sp³-hybridized carbons (Fsp3) is 0.231. The number of nitrogens with zero attached hydrogens (tertiary/aromatic N) is 2. The summed E-state index contributed by atoms with van der Waals surface area (Å²) in [5.41, 5.74) is 0. The molecular formula is C13H13N3O7S. The second-order valence-electron chi connectivity index (χ2n) is 4.46. The van der Waals surface area contributed by atoms with Gasteiger partial charge < -0.3 is 15.2 Å². The predicted molar refractivity (Wildman–Crippen MR) is 76.9 cm³/mol. The van der Waals surface area contributed by atoms with Crippen LogP contribution in [0, 0.1) is 0 Å². The number of sulfone groups is 1. The van der Waals surface area contributed by atoms with Gasteiger partial charge in [0.25, 0.3) is 10.9 Å². The second-order valence-corrected chi connectivity index (χ2v) is 6.32. The highest BCUT2D eigenvalue weighted by Gasteiger charge is 2.28. The molecular weight excluding hydrogens is 342 g/mol. The van der Waals surface area contributed by atoms with E-state index >= 15 is 0 Å². The van der Waals surface area contributed by atoms with Gasteiger partial charge in [0.15, 0.2) is 0 Å². The molecule has 1 amide bonds. The Labute approximate surface area is 136 Å². The number of hydrogen-bond acceptors (Lipinski definition) is 8. The molecule has 2 N–H and O–H groups in total. The normalized spacial score (nSPS) is 11.0. The van der Waals surface area contributed by atoms with Crippen molar-refractivity contribution in [3.05, 3.63) is 30.3 Å². The molecule has 0 atom stereocenters. The summed E-state index contributed by atoms with van der Waals surface area (Å²) >= 11 is 0. The number of rotatable bonds is 8. The summed E-state index contributed by atoms with van der Waals surface area (Å²) in [6.07, 6.45) is -0.190. The molecule has 2 aromatic rings. The topological polar surface area (TPSA) is 149 Å². The number of carbonyl (C=O) groups is 2. The highest BCUT2D eigenvalue weighted by atomic mass is 32.2. The first-order valence-electron chi connectivity index (χ1n) is 6.65. The van der Waals surface area contributed by atoms with E-state index < -0.39 is 33.3 Å². The van der Waals surface area contributed by atoms with E-state index in [1.54, 1.807) is 18.2 Å². The first kappa shape index (κ1) is 17.4. The van der Waals surface area contributed by atoms with E-state index in [-0.39, 0.29) is 23.8 Å². The Morgan fingerprint density at radius 3 is 2.58 bits per heavy atom. The van der Waals surface area contributed by atoms with Crippen LogP contribution in [0.4, 0.5) is 0 Å². The molecule has 2 rings (SSSR count). The van der Waals surface area contributed by atoms with Gasteiger partial charge in [-0.05, 0) is 22.4 Å². The quantitative estimate of drug-likeness (QED) is 0.660. The Morgan fingerprint density at radius 2 is 1.92 bits per heavy atom. The van der Waals surface area contributed by atoms with Gasteiger partial charge in [-0.1, -0.05) is 18.2 Å². The van der Waals surface area contributed by atoms with E-state index in [0.29, 0.717) is 0 Å². The van der Waals surface area contributed by atoms with Gasteiger partial charge in [0.05, 0.1) is 17.9 Å². The largest absolute Gasteiger partial charge is 0.480 e. The number of hydrogen-bond donors (Lipinski definition) is 2. The van der Waals surface area contributed by atoms with Crippen LogP contribution in [0.5, 0.6) is 5.88 Å². The first-order chi connectivity index (χ1) is 11.4. The minimum Gasteiger partial charge on any atom is -0.480 e. The van der Waals surface area contributed by atoms with Crippen molar-refractivity contribution in [1.82, 2.24) is 15.6 Å². The fourth-order valence-electron chi connectivity index (χ4n) is 1.64. The summed E-state index contributed by atoms with van der Waals surface area (Å²) in [6.45, 7) is -0.741. The zero-order valence-electron chi connectivity index (χ0n) is 12.2. The predicted octanol–water partition coefficient (Wildman–Crippen LogP) is -0.128. The average Bonchev–Trinajstić information content (AvgIpc) is 3.03. The van der Waals surface area contributed by atoms with Crippen LogP contribution in [-0.4, -0.2) is 48.9 Å². The van der Waals surface area contributed by atoms with Gasteiger partial charge >= 0.3 is 5.97 Å². The van der Waals surface area contributed by atoms with Crippen LogP contribution >= 0.6 is 0 Å².